The van der Waals surface area contributed by atoms with Crippen LogP contribution in [0.4, 0.5) is 5.69 Å². The van der Waals surface area contributed by atoms with Crippen molar-refractivity contribution in [2.24, 2.45) is 11.7 Å². The molecule has 18 heavy (non-hydrogen) atoms. The van der Waals surface area contributed by atoms with Crippen LogP contribution in [0.25, 0.3) is 0 Å². The molecule has 1 atom stereocenters. The zero-order valence-corrected chi connectivity index (χ0v) is 11.2. The molecular weight excluding hydrogens is 224 g/mol. The molecule has 1 heterocycles. The zero-order valence-electron chi connectivity index (χ0n) is 11.2. The Hall–Kier alpha value is -1.35. The summed E-state index contributed by atoms with van der Waals surface area (Å²) in [5.41, 5.74) is 9.56. The van der Waals surface area contributed by atoms with Gasteiger partial charge in [0.1, 0.15) is 0 Å². The number of fused-ring (bicyclic) bond motifs is 1. The van der Waals surface area contributed by atoms with E-state index in [1.165, 1.54) is 11.1 Å². The average molecular weight is 246 g/mol. The fourth-order valence-corrected chi connectivity index (χ4v) is 2.47. The summed E-state index contributed by atoms with van der Waals surface area (Å²) in [7, 11) is 0. The van der Waals surface area contributed by atoms with Crippen molar-refractivity contribution in [3.8, 4) is 0 Å². The number of nitrogens with two attached hydrogens (primary N) is 1. The van der Waals surface area contributed by atoms with Crippen molar-refractivity contribution in [3.63, 3.8) is 0 Å². The third-order valence-electron chi connectivity index (χ3n) is 3.41. The first-order chi connectivity index (χ1) is 8.56. The zero-order chi connectivity index (χ0) is 13.1. The van der Waals surface area contributed by atoms with Gasteiger partial charge in [-0.1, -0.05) is 26.0 Å². The highest BCUT2D eigenvalue weighted by Gasteiger charge is 2.15. The summed E-state index contributed by atoms with van der Waals surface area (Å²) in [6.07, 6.45) is 3.48. The average Bonchev–Trinajstić information content (AvgIpc) is 2.47. The van der Waals surface area contributed by atoms with Crippen LogP contribution < -0.4 is 11.1 Å². The maximum absolute atomic E-state index is 11.5. The molecule has 0 bridgehead atoms. The van der Waals surface area contributed by atoms with Gasteiger partial charge in [-0.2, -0.15) is 0 Å². The number of aryl methyl sites for hydroxylation is 1. The molecule has 2 rings (SSSR count). The molecule has 1 aliphatic rings. The Morgan fingerprint density at radius 1 is 1.33 bits per heavy atom. The largest absolute Gasteiger partial charge is 0.326 e. The van der Waals surface area contributed by atoms with E-state index in [0.29, 0.717) is 12.3 Å². The lowest BCUT2D eigenvalue weighted by Crippen LogP contribution is -2.14. The van der Waals surface area contributed by atoms with Gasteiger partial charge in [-0.25, -0.2) is 0 Å². The summed E-state index contributed by atoms with van der Waals surface area (Å²) in [4.78, 5) is 11.5. The van der Waals surface area contributed by atoms with E-state index in [0.717, 1.165) is 24.9 Å². The number of anilines is 1. The van der Waals surface area contributed by atoms with E-state index in [4.69, 9.17) is 5.73 Å². The number of nitrogens with one attached hydrogen (secondary N) is 1. The van der Waals surface area contributed by atoms with Crippen LogP contribution in [0.2, 0.25) is 0 Å². The van der Waals surface area contributed by atoms with Gasteiger partial charge in [0.15, 0.2) is 0 Å². The quantitative estimate of drug-likeness (QED) is 0.861. The summed E-state index contributed by atoms with van der Waals surface area (Å²) in [6, 6.07) is 6.29. The Balaban J connectivity index is 2.21. The maximum atomic E-state index is 11.5. The number of carbonyl (C=O) groups is 1. The predicted octanol–water partition coefficient (Wildman–Crippen LogP) is 3.01. The second kappa shape index (κ2) is 5.53. The lowest BCUT2D eigenvalue weighted by atomic mass is 9.95. The van der Waals surface area contributed by atoms with Gasteiger partial charge in [0.2, 0.25) is 5.91 Å². The number of carbonyl (C=O) groups excluding carboxylic acids is 1. The smallest absolute Gasteiger partial charge is 0.224 e. The SMILES string of the molecule is CC(C)CC(N)c1ccc2c(c1)CCCC(=O)N2. The highest BCUT2D eigenvalue weighted by molar-refractivity contribution is 5.92. The predicted molar refractivity (Wildman–Crippen MR) is 74.4 cm³/mol. The van der Waals surface area contributed by atoms with Gasteiger partial charge in [0.25, 0.3) is 0 Å². The minimum absolute atomic E-state index is 0.0919. The monoisotopic (exact) mass is 246 g/mol. The molecule has 1 aliphatic heterocycles. The Morgan fingerprint density at radius 2 is 2.11 bits per heavy atom. The van der Waals surface area contributed by atoms with E-state index >= 15 is 0 Å². The first kappa shape index (κ1) is 13.1. The molecule has 0 aromatic heterocycles. The van der Waals surface area contributed by atoms with E-state index in [2.05, 4.69) is 25.2 Å². The van der Waals surface area contributed by atoms with Crippen LogP contribution in [0.1, 0.15) is 50.3 Å². The normalized spacial score (nSPS) is 17.0. The van der Waals surface area contributed by atoms with Gasteiger partial charge in [-0.05, 0) is 42.4 Å². The van der Waals surface area contributed by atoms with Crippen molar-refractivity contribution in [1.82, 2.24) is 0 Å². The fraction of sp³-hybridized carbons (Fsp3) is 0.533. The molecule has 0 radical (unpaired) electrons. The van der Waals surface area contributed by atoms with Crippen LogP contribution in [0, 0.1) is 5.92 Å². The first-order valence-corrected chi connectivity index (χ1v) is 6.74. The lowest BCUT2D eigenvalue weighted by molar-refractivity contribution is -0.116. The molecule has 3 heteroatoms. The summed E-state index contributed by atoms with van der Waals surface area (Å²) in [5, 5.41) is 2.95. The van der Waals surface area contributed by atoms with Gasteiger partial charge < -0.3 is 11.1 Å². The molecule has 0 saturated carbocycles. The molecule has 0 fully saturated rings. The maximum Gasteiger partial charge on any atom is 0.224 e. The van der Waals surface area contributed by atoms with Crippen molar-refractivity contribution in [3.05, 3.63) is 29.3 Å². The minimum atomic E-state index is 0.0919. The summed E-state index contributed by atoms with van der Waals surface area (Å²) >= 11 is 0. The molecule has 0 saturated heterocycles. The molecule has 3 nitrogen and oxygen atoms in total. The summed E-state index contributed by atoms with van der Waals surface area (Å²) in [6.45, 7) is 4.37. The van der Waals surface area contributed by atoms with Gasteiger partial charge in [0, 0.05) is 18.2 Å². The molecule has 1 unspecified atom stereocenters. The van der Waals surface area contributed by atoms with Crippen LogP contribution in [0.15, 0.2) is 18.2 Å². The van der Waals surface area contributed by atoms with Gasteiger partial charge in [-0.15, -0.1) is 0 Å². The van der Waals surface area contributed by atoms with Crippen molar-refractivity contribution >= 4 is 11.6 Å². The third-order valence-corrected chi connectivity index (χ3v) is 3.41. The Labute approximate surface area is 109 Å². The van der Waals surface area contributed by atoms with Crippen molar-refractivity contribution < 1.29 is 4.79 Å². The van der Waals surface area contributed by atoms with E-state index in [1.807, 2.05) is 12.1 Å². The minimum Gasteiger partial charge on any atom is -0.326 e. The molecule has 1 amide bonds. The number of benzene rings is 1. The van der Waals surface area contributed by atoms with Crippen LogP contribution in [-0.4, -0.2) is 5.91 Å². The molecule has 98 valence electrons. The van der Waals surface area contributed by atoms with E-state index in [1.54, 1.807) is 0 Å². The van der Waals surface area contributed by atoms with E-state index in [9.17, 15) is 4.79 Å². The number of rotatable bonds is 3. The van der Waals surface area contributed by atoms with Crippen molar-refractivity contribution in [2.75, 3.05) is 5.32 Å². The van der Waals surface area contributed by atoms with Crippen LogP contribution in [0.5, 0.6) is 0 Å². The van der Waals surface area contributed by atoms with Gasteiger partial charge in [-0.3, -0.25) is 4.79 Å². The second-order valence-electron chi connectivity index (χ2n) is 5.55. The number of hydrogen-bond acceptors (Lipinski definition) is 2. The summed E-state index contributed by atoms with van der Waals surface area (Å²) < 4.78 is 0. The number of hydrogen-bond donors (Lipinski definition) is 2. The molecular formula is C15H22N2O. The topological polar surface area (TPSA) is 55.1 Å². The molecule has 0 aliphatic carbocycles. The van der Waals surface area contributed by atoms with Crippen molar-refractivity contribution in [2.45, 2.75) is 45.6 Å². The first-order valence-electron chi connectivity index (χ1n) is 6.74. The molecule has 1 aromatic rings. The van der Waals surface area contributed by atoms with Gasteiger partial charge in [0.05, 0.1) is 0 Å². The second-order valence-corrected chi connectivity index (χ2v) is 5.55. The fourth-order valence-electron chi connectivity index (χ4n) is 2.47. The van der Waals surface area contributed by atoms with Crippen LogP contribution >= 0.6 is 0 Å². The lowest BCUT2D eigenvalue weighted by Gasteiger charge is -2.16. The van der Waals surface area contributed by atoms with Crippen LogP contribution in [-0.2, 0) is 11.2 Å². The van der Waals surface area contributed by atoms with E-state index in [-0.39, 0.29) is 11.9 Å². The van der Waals surface area contributed by atoms with Gasteiger partial charge >= 0.3 is 0 Å². The van der Waals surface area contributed by atoms with Crippen molar-refractivity contribution in [1.29, 1.82) is 0 Å². The Bertz CT molecular complexity index is 440. The highest BCUT2D eigenvalue weighted by atomic mass is 16.1. The molecule has 0 spiro atoms. The summed E-state index contributed by atoms with van der Waals surface area (Å²) in [5.74, 6) is 0.714. The Kier molecular flexibility index (Phi) is 4.02. The highest BCUT2D eigenvalue weighted by Crippen LogP contribution is 2.27. The molecule has 1 aromatic carbocycles. The standard InChI is InChI=1S/C15H22N2O/c1-10(2)8-13(16)11-6-7-14-12(9-11)4-3-5-15(18)17-14/h6-7,9-10,13H,3-5,8,16H2,1-2H3,(H,17,18). The van der Waals surface area contributed by atoms with E-state index < -0.39 is 0 Å². The Morgan fingerprint density at radius 3 is 2.83 bits per heavy atom. The van der Waals surface area contributed by atoms with Crippen LogP contribution in [0.3, 0.4) is 0 Å². The third kappa shape index (κ3) is 3.10. The molecule has 3 N–H and O–H groups in total. The number of amides is 1.